The molecule has 3 rings (SSSR count). The van der Waals surface area contributed by atoms with E-state index >= 15 is 0 Å². The molecule has 1 heterocycles. The van der Waals surface area contributed by atoms with Crippen LogP contribution in [0.4, 0.5) is 23.2 Å². The zero-order valence-electron chi connectivity index (χ0n) is 14.7. The predicted octanol–water partition coefficient (Wildman–Crippen LogP) is 4.45. The maximum absolute atomic E-state index is 13.2. The first-order chi connectivity index (χ1) is 13.0. The molecule has 0 fully saturated rings. The number of para-hydroxylation sites is 1. The van der Waals surface area contributed by atoms with Crippen LogP contribution in [0, 0.1) is 19.7 Å². The van der Waals surface area contributed by atoms with Crippen molar-refractivity contribution in [1.82, 2.24) is 9.78 Å². The summed E-state index contributed by atoms with van der Waals surface area (Å²) in [7, 11) is -4.36. The number of rotatable bonds is 4. The van der Waals surface area contributed by atoms with E-state index in [-0.39, 0.29) is 16.3 Å². The van der Waals surface area contributed by atoms with Gasteiger partial charge >= 0.3 is 6.18 Å². The smallest absolute Gasteiger partial charge is 0.279 e. The average Bonchev–Trinajstić information content (AvgIpc) is 2.90. The second-order valence-electron chi connectivity index (χ2n) is 6.04. The third kappa shape index (κ3) is 3.72. The summed E-state index contributed by atoms with van der Waals surface area (Å²) in [6.07, 6.45) is -4.72. The summed E-state index contributed by atoms with van der Waals surface area (Å²) in [5, 5.41) is 4.14. The van der Waals surface area contributed by atoms with E-state index in [0.717, 1.165) is 12.1 Å². The van der Waals surface area contributed by atoms with Crippen LogP contribution >= 0.6 is 0 Å². The van der Waals surface area contributed by atoms with Gasteiger partial charge in [0.15, 0.2) is 0 Å². The first-order valence-electron chi connectivity index (χ1n) is 8.02. The van der Waals surface area contributed by atoms with Gasteiger partial charge in [-0.2, -0.15) is 18.3 Å². The minimum atomic E-state index is -4.72. The van der Waals surface area contributed by atoms with Gasteiger partial charge in [0.1, 0.15) is 10.7 Å². The number of nitrogens with one attached hydrogen (secondary N) is 1. The summed E-state index contributed by atoms with van der Waals surface area (Å²) in [6, 6.07) is 9.51. The van der Waals surface area contributed by atoms with Crippen molar-refractivity contribution in [3.05, 3.63) is 71.3 Å². The fourth-order valence-corrected chi connectivity index (χ4v) is 4.34. The predicted molar refractivity (Wildman–Crippen MR) is 95.2 cm³/mol. The second kappa shape index (κ2) is 6.93. The van der Waals surface area contributed by atoms with E-state index < -0.39 is 33.3 Å². The van der Waals surface area contributed by atoms with Crippen molar-refractivity contribution in [2.24, 2.45) is 0 Å². The molecule has 1 aromatic heterocycles. The van der Waals surface area contributed by atoms with Gasteiger partial charge in [-0.1, -0.05) is 12.1 Å². The highest BCUT2D eigenvalue weighted by Crippen LogP contribution is 2.36. The Morgan fingerprint density at radius 3 is 2.21 bits per heavy atom. The normalized spacial score (nSPS) is 12.2. The van der Waals surface area contributed by atoms with Gasteiger partial charge in [-0.3, -0.25) is 4.72 Å². The van der Waals surface area contributed by atoms with E-state index in [4.69, 9.17) is 0 Å². The van der Waals surface area contributed by atoms with Crippen molar-refractivity contribution in [2.45, 2.75) is 24.9 Å². The van der Waals surface area contributed by atoms with E-state index in [9.17, 15) is 26.0 Å². The van der Waals surface area contributed by atoms with Crippen molar-refractivity contribution in [2.75, 3.05) is 4.72 Å². The second-order valence-corrected chi connectivity index (χ2v) is 7.66. The highest BCUT2D eigenvalue weighted by Gasteiger charge is 2.35. The molecule has 10 heteroatoms. The molecule has 0 aliphatic rings. The lowest BCUT2D eigenvalue weighted by molar-refractivity contribution is -0.136. The molecule has 0 bridgehead atoms. The number of alkyl halides is 3. The molecule has 0 atom stereocenters. The minimum Gasteiger partial charge on any atom is -0.279 e. The van der Waals surface area contributed by atoms with Gasteiger partial charge in [-0.25, -0.2) is 17.5 Å². The maximum atomic E-state index is 13.2. The van der Waals surface area contributed by atoms with Crippen LogP contribution in [0.5, 0.6) is 0 Å². The molecule has 5 nitrogen and oxygen atoms in total. The third-order valence-corrected chi connectivity index (χ3v) is 5.66. The molecule has 0 aliphatic carbocycles. The SMILES string of the molecule is Cc1nn(-c2ccc(F)cc2)c(C)c1S(=O)(=O)Nc1ccccc1C(F)(F)F. The molecule has 1 N–H and O–H groups in total. The molecular formula is C18H15F4N3O2S. The molecule has 148 valence electrons. The lowest BCUT2D eigenvalue weighted by Gasteiger charge is -2.15. The summed E-state index contributed by atoms with van der Waals surface area (Å²) < 4.78 is 81.6. The Morgan fingerprint density at radius 1 is 1.00 bits per heavy atom. The Hall–Kier alpha value is -2.88. The molecular weight excluding hydrogens is 398 g/mol. The van der Waals surface area contributed by atoms with E-state index in [1.165, 1.54) is 54.9 Å². The lowest BCUT2D eigenvalue weighted by atomic mass is 10.2. The molecule has 2 aromatic carbocycles. The number of sulfonamides is 1. The van der Waals surface area contributed by atoms with Gasteiger partial charge in [0.25, 0.3) is 10.0 Å². The summed E-state index contributed by atoms with van der Waals surface area (Å²) >= 11 is 0. The van der Waals surface area contributed by atoms with E-state index in [1.807, 2.05) is 4.72 Å². The van der Waals surface area contributed by atoms with Gasteiger partial charge in [0.05, 0.1) is 28.3 Å². The monoisotopic (exact) mass is 413 g/mol. The Morgan fingerprint density at radius 2 is 1.61 bits per heavy atom. The van der Waals surface area contributed by atoms with Crippen molar-refractivity contribution in [3.8, 4) is 5.69 Å². The van der Waals surface area contributed by atoms with Crippen molar-refractivity contribution >= 4 is 15.7 Å². The number of hydrogen-bond acceptors (Lipinski definition) is 3. The Kier molecular flexibility index (Phi) is 4.92. The van der Waals surface area contributed by atoms with Gasteiger partial charge in [-0.05, 0) is 50.2 Å². The highest BCUT2D eigenvalue weighted by atomic mass is 32.2. The number of aryl methyl sites for hydroxylation is 1. The van der Waals surface area contributed by atoms with E-state index in [1.54, 1.807) is 0 Å². The molecule has 28 heavy (non-hydrogen) atoms. The molecule has 0 saturated heterocycles. The Bertz CT molecular complexity index is 1120. The highest BCUT2D eigenvalue weighted by molar-refractivity contribution is 7.92. The van der Waals surface area contributed by atoms with Crippen LogP contribution in [0.2, 0.25) is 0 Å². The van der Waals surface area contributed by atoms with Crippen LogP contribution in [-0.2, 0) is 16.2 Å². The van der Waals surface area contributed by atoms with Gasteiger partial charge in [-0.15, -0.1) is 0 Å². The van der Waals surface area contributed by atoms with Crippen molar-refractivity contribution in [1.29, 1.82) is 0 Å². The number of nitrogens with zero attached hydrogens (tertiary/aromatic N) is 2. The van der Waals surface area contributed by atoms with Crippen molar-refractivity contribution < 1.29 is 26.0 Å². The summed E-state index contributed by atoms with van der Waals surface area (Å²) in [4.78, 5) is -0.242. The van der Waals surface area contributed by atoms with Crippen LogP contribution in [0.3, 0.4) is 0 Å². The largest absolute Gasteiger partial charge is 0.418 e. The van der Waals surface area contributed by atoms with Crippen LogP contribution < -0.4 is 4.72 Å². The zero-order chi connectivity index (χ0) is 20.7. The number of aromatic nitrogens is 2. The van der Waals surface area contributed by atoms with Crippen LogP contribution in [0.15, 0.2) is 53.4 Å². The lowest BCUT2D eigenvalue weighted by Crippen LogP contribution is -2.18. The topological polar surface area (TPSA) is 64.0 Å². The van der Waals surface area contributed by atoms with Crippen LogP contribution in [-0.4, -0.2) is 18.2 Å². The van der Waals surface area contributed by atoms with E-state index in [2.05, 4.69) is 5.10 Å². The minimum absolute atomic E-state index is 0.0961. The van der Waals surface area contributed by atoms with Crippen LogP contribution in [0.25, 0.3) is 5.69 Å². The number of hydrogen-bond donors (Lipinski definition) is 1. The zero-order valence-corrected chi connectivity index (χ0v) is 15.6. The average molecular weight is 413 g/mol. The van der Waals surface area contributed by atoms with E-state index in [0.29, 0.717) is 5.69 Å². The maximum Gasteiger partial charge on any atom is 0.418 e. The molecule has 3 aromatic rings. The fourth-order valence-electron chi connectivity index (χ4n) is 2.87. The first kappa shape index (κ1) is 19.9. The molecule has 0 radical (unpaired) electrons. The molecule has 0 unspecified atom stereocenters. The molecule has 0 spiro atoms. The Labute approximate surface area is 158 Å². The summed E-state index contributed by atoms with van der Waals surface area (Å²) in [6.45, 7) is 2.89. The molecule has 0 saturated carbocycles. The van der Waals surface area contributed by atoms with Crippen molar-refractivity contribution in [3.63, 3.8) is 0 Å². The Balaban J connectivity index is 2.06. The van der Waals surface area contributed by atoms with Gasteiger partial charge in [0, 0.05) is 0 Å². The molecule has 0 aliphatic heterocycles. The molecule has 0 amide bonds. The summed E-state index contributed by atoms with van der Waals surface area (Å²) in [5.41, 5.74) is -0.984. The summed E-state index contributed by atoms with van der Waals surface area (Å²) in [5.74, 6) is -0.469. The quantitative estimate of drug-likeness (QED) is 0.643. The number of benzene rings is 2. The number of anilines is 1. The van der Waals surface area contributed by atoms with Gasteiger partial charge < -0.3 is 0 Å². The number of halogens is 4. The first-order valence-corrected chi connectivity index (χ1v) is 9.50. The standard InChI is InChI=1S/C18H15F4N3O2S/c1-11-17(12(2)25(23-11)14-9-7-13(19)8-10-14)28(26,27)24-16-6-4-3-5-15(16)18(20,21)22/h3-10,24H,1-2H3. The van der Waals surface area contributed by atoms with Gasteiger partial charge in [0.2, 0.25) is 0 Å². The van der Waals surface area contributed by atoms with Crippen LogP contribution in [0.1, 0.15) is 17.0 Å². The fraction of sp³-hybridized carbons (Fsp3) is 0.167. The third-order valence-electron chi connectivity index (χ3n) is 4.04.